The molecule has 1 aromatic rings. The highest BCUT2D eigenvalue weighted by molar-refractivity contribution is 7.92. The molecule has 0 atom stereocenters. The van der Waals surface area contributed by atoms with Gasteiger partial charge in [-0.2, -0.15) is 0 Å². The number of hydrogen-bond acceptors (Lipinski definition) is 4. The Hall–Kier alpha value is -0.830. The molecule has 0 heterocycles. The first-order valence-electron chi connectivity index (χ1n) is 5.50. The van der Waals surface area contributed by atoms with E-state index in [1.54, 1.807) is 0 Å². The van der Waals surface area contributed by atoms with E-state index in [1.165, 1.54) is 18.2 Å². The molecule has 0 amide bonds. The molecule has 0 saturated heterocycles. The molecule has 6 nitrogen and oxygen atoms in total. The van der Waals surface area contributed by atoms with Gasteiger partial charge >= 0.3 is 0 Å². The lowest BCUT2D eigenvalue weighted by Gasteiger charge is -2.09. The zero-order chi connectivity index (χ0) is 14.3. The molecule has 0 unspecified atom stereocenters. The summed E-state index contributed by atoms with van der Waals surface area (Å²) in [4.78, 5) is -0.237. The summed E-state index contributed by atoms with van der Waals surface area (Å²) < 4.78 is 48.2. The molecule has 1 aliphatic rings. The van der Waals surface area contributed by atoms with Gasteiger partial charge in [0.05, 0.1) is 16.5 Å². The maximum Gasteiger partial charge on any atom is 0.239 e. The molecule has 0 spiro atoms. The average Bonchev–Trinajstić information content (AvgIpc) is 2.97. The van der Waals surface area contributed by atoms with Gasteiger partial charge in [0.2, 0.25) is 20.0 Å². The number of benzene rings is 1. The van der Waals surface area contributed by atoms with Gasteiger partial charge < -0.3 is 0 Å². The normalized spacial score (nSPS) is 16.3. The van der Waals surface area contributed by atoms with Gasteiger partial charge in [-0.15, -0.1) is 0 Å². The first-order chi connectivity index (χ1) is 8.67. The lowest BCUT2D eigenvalue weighted by molar-refractivity contribution is 0.596. The van der Waals surface area contributed by atoms with Crippen LogP contribution in [0.2, 0.25) is 5.02 Å². The van der Waals surface area contributed by atoms with Gasteiger partial charge in [0.25, 0.3) is 0 Å². The van der Waals surface area contributed by atoms with Crippen molar-refractivity contribution < 1.29 is 16.8 Å². The van der Waals surface area contributed by atoms with Gasteiger partial charge in [-0.25, -0.2) is 22.0 Å². The standard InChI is InChI=1S/C10H13ClN2O4S2/c11-9-5-8(3-4-10(9)19(12,16)17)13-18(14,15)6-7-1-2-7/h3-5,7,13H,1-2,6H2,(H2,12,16,17). The van der Waals surface area contributed by atoms with E-state index >= 15 is 0 Å². The molecular formula is C10H13ClN2O4S2. The van der Waals surface area contributed by atoms with E-state index in [4.69, 9.17) is 16.7 Å². The molecule has 1 fully saturated rings. The first-order valence-corrected chi connectivity index (χ1v) is 9.08. The van der Waals surface area contributed by atoms with Gasteiger partial charge in [0.1, 0.15) is 4.90 Å². The van der Waals surface area contributed by atoms with Crippen molar-refractivity contribution in [1.82, 2.24) is 0 Å². The topological polar surface area (TPSA) is 106 Å². The molecule has 2 rings (SSSR count). The molecule has 106 valence electrons. The summed E-state index contributed by atoms with van der Waals surface area (Å²) in [6.45, 7) is 0. The summed E-state index contributed by atoms with van der Waals surface area (Å²) >= 11 is 5.77. The first kappa shape index (κ1) is 14.6. The molecule has 0 radical (unpaired) electrons. The van der Waals surface area contributed by atoms with Crippen molar-refractivity contribution in [2.24, 2.45) is 11.1 Å². The Bertz CT molecular complexity index is 696. The molecule has 19 heavy (non-hydrogen) atoms. The minimum absolute atomic E-state index is 0.0710. The van der Waals surface area contributed by atoms with Crippen LogP contribution in [0.15, 0.2) is 23.1 Å². The van der Waals surface area contributed by atoms with E-state index in [0.29, 0.717) is 0 Å². The SMILES string of the molecule is NS(=O)(=O)c1ccc(NS(=O)(=O)CC2CC2)cc1Cl. The minimum Gasteiger partial charge on any atom is -0.283 e. The zero-order valence-electron chi connectivity index (χ0n) is 9.84. The molecule has 1 aromatic carbocycles. The van der Waals surface area contributed by atoms with Crippen LogP contribution in [0, 0.1) is 5.92 Å². The Balaban J connectivity index is 2.20. The largest absolute Gasteiger partial charge is 0.283 e. The lowest BCUT2D eigenvalue weighted by atomic mass is 10.3. The molecule has 0 aromatic heterocycles. The van der Waals surface area contributed by atoms with Crippen LogP contribution in [0.3, 0.4) is 0 Å². The molecule has 9 heteroatoms. The maximum absolute atomic E-state index is 11.7. The van der Waals surface area contributed by atoms with Crippen LogP contribution in [0.1, 0.15) is 12.8 Å². The van der Waals surface area contributed by atoms with Crippen molar-refractivity contribution in [2.75, 3.05) is 10.5 Å². The molecule has 1 saturated carbocycles. The van der Waals surface area contributed by atoms with Crippen LogP contribution in [0.25, 0.3) is 0 Å². The molecule has 1 aliphatic carbocycles. The quantitative estimate of drug-likeness (QED) is 0.846. The second kappa shape index (κ2) is 4.93. The lowest BCUT2D eigenvalue weighted by Crippen LogP contribution is -2.18. The Morgan fingerprint density at radius 3 is 2.37 bits per heavy atom. The summed E-state index contributed by atoms with van der Waals surface area (Å²) in [6.07, 6.45) is 1.85. The monoisotopic (exact) mass is 324 g/mol. The van der Waals surface area contributed by atoms with Crippen LogP contribution in [-0.4, -0.2) is 22.6 Å². The molecule has 0 aliphatic heterocycles. The van der Waals surface area contributed by atoms with E-state index in [0.717, 1.165) is 12.8 Å². The number of hydrogen-bond donors (Lipinski definition) is 2. The average molecular weight is 325 g/mol. The summed E-state index contributed by atoms with van der Waals surface area (Å²) in [7, 11) is -7.34. The predicted octanol–water partition coefficient (Wildman–Crippen LogP) is 1.14. The summed E-state index contributed by atoms with van der Waals surface area (Å²) in [5.74, 6) is 0.290. The highest BCUT2D eigenvalue weighted by Crippen LogP contribution is 2.31. The van der Waals surface area contributed by atoms with Crippen LogP contribution in [0.4, 0.5) is 5.69 Å². The van der Waals surface area contributed by atoms with Gasteiger partial charge in [-0.05, 0) is 37.0 Å². The fourth-order valence-corrected chi connectivity index (χ4v) is 4.23. The highest BCUT2D eigenvalue weighted by atomic mass is 35.5. The minimum atomic E-state index is -3.91. The van der Waals surface area contributed by atoms with Gasteiger partial charge in [0.15, 0.2) is 0 Å². The van der Waals surface area contributed by atoms with Crippen molar-refractivity contribution >= 4 is 37.3 Å². The van der Waals surface area contributed by atoms with Gasteiger partial charge in [-0.1, -0.05) is 11.6 Å². The highest BCUT2D eigenvalue weighted by Gasteiger charge is 2.28. The van der Waals surface area contributed by atoms with Crippen molar-refractivity contribution in [1.29, 1.82) is 0 Å². The van der Waals surface area contributed by atoms with Crippen LogP contribution in [0.5, 0.6) is 0 Å². The van der Waals surface area contributed by atoms with Crippen molar-refractivity contribution in [3.8, 4) is 0 Å². The number of nitrogens with one attached hydrogen (secondary N) is 1. The van der Waals surface area contributed by atoms with Gasteiger partial charge in [0, 0.05) is 0 Å². The number of anilines is 1. The third-order valence-electron chi connectivity index (χ3n) is 2.66. The van der Waals surface area contributed by atoms with Crippen molar-refractivity contribution in [3.05, 3.63) is 23.2 Å². The number of halogens is 1. The second-order valence-electron chi connectivity index (χ2n) is 4.52. The Morgan fingerprint density at radius 2 is 1.89 bits per heavy atom. The van der Waals surface area contributed by atoms with E-state index in [2.05, 4.69) is 4.72 Å². The van der Waals surface area contributed by atoms with Crippen molar-refractivity contribution in [2.45, 2.75) is 17.7 Å². The maximum atomic E-state index is 11.7. The van der Waals surface area contributed by atoms with Crippen molar-refractivity contribution in [3.63, 3.8) is 0 Å². The van der Waals surface area contributed by atoms with E-state index in [9.17, 15) is 16.8 Å². The number of rotatable bonds is 5. The number of sulfonamides is 2. The zero-order valence-corrected chi connectivity index (χ0v) is 12.2. The fourth-order valence-electron chi connectivity index (χ4n) is 1.61. The fraction of sp³-hybridized carbons (Fsp3) is 0.400. The third kappa shape index (κ3) is 4.07. The number of primary sulfonamides is 1. The van der Waals surface area contributed by atoms with Crippen LogP contribution in [-0.2, 0) is 20.0 Å². The summed E-state index contributed by atoms with van der Waals surface area (Å²) in [5.41, 5.74) is 0.220. The molecular weight excluding hydrogens is 312 g/mol. The molecule has 3 N–H and O–H groups in total. The predicted molar refractivity (Wildman–Crippen MR) is 73.0 cm³/mol. The summed E-state index contributed by atoms with van der Waals surface area (Å²) in [6, 6.07) is 3.72. The van der Waals surface area contributed by atoms with Gasteiger partial charge in [-0.3, -0.25) is 4.72 Å². The molecule has 0 bridgehead atoms. The van der Waals surface area contributed by atoms with E-state index in [-0.39, 0.29) is 27.3 Å². The van der Waals surface area contributed by atoms with Crippen LogP contribution < -0.4 is 9.86 Å². The second-order valence-corrected chi connectivity index (χ2v) is 8.22. The summed E-state index contributed by atoms with van der Waals surface area (Å²) in [5, 5.41) is 4.84. The Labute approximate surface area is 117 Å². The van der Waals surface area contributed by atoms with E-state index < -0.39 is 20.0 Å². The Morgan fingerprint density at radius 1 is 1.26 bits per heavy atom. The van der Waals surface area contributed by atoms with Crippen LogP contribution >= 0.6 is 11.6 Å². The number of nitrogens with two attached hydrogens (primary N) is 1. The Kier molecular flexibility index (Phi) is 3.78. The third-order valence-corrected chi connectivity index (χ3v) is 5.51. The smallest absolute Gasteiger partial charge is 0.239 e. The van der Waals surface area contributed by atoms with E-state index in [1.807, 2.05) is 0 Å².